The predicted molar refractivity (Wildman–Crippen MR) is 261 cm³/mol. The van der Waals surface area contributed by atoms with Crippen molar-refractivity contribution in [2.75, 3.05) is 4.90 Å². The van der Waals surface area contributed by atoms with E-state index >= 15 is 0 Å². The van der Waals surface area contributed by atoms with Crippen LogP contribution in [-0.4, -0.2) is 0 Å². The maximum atomic E-state index is 10.0. The van der Waals surface area contributed by atoms with Crippen LogP contribution >= 0.6 is 11.3 Å². The van der Waals surface area contributed by atoms with Crippen LogP contribution < -0.4 is 4.90 Å². The first-order chi connectivity index (χ1) is 34.0. The Kier molecular flexibility index (Phi) is 6.46. The number of benzene rings is 10. The van der Waals surface area contributed by atoms with Crippen molar-refractivity contribution in [3.63, 3.8) is 0 Å². The monoisotopic (exact) mass is 804 g/mol. The highest BCUT2D eigenvalue weighted by Gasteiger charge is 2.25. The standard InChI is InChI=1S/C58H37NOS/c1-4-16-38(17-5-1)42-32-34-49-55(36-42)61-54-31-15-30-52(57(49)54)59(43-33-35-53-50(37-43)48-28-13-26-46(58(48)60-53)41-20-8-3-9-21-41)51-29-14-25-45(40-18-6-2-7-19-40)56(51)47-27-12-23-39-22-10-11-24-44(39)47/h1-37H/i13D,15D,26D,28D,30D,31D,32D,34D,36D. The number of furan rings is 1. The van der Waals surface area contributed by atoms with Crippen molar-refractivity contribution in [3.8, 4) is 44.5 Å². The summed E-state index contributed by atoms with van der Waals surface area (Å²) in [4.78, 5) is 1.89. The first-order valence-corrected chi connectivity index (χ1v) is 20.8. The van der Waals surface area contributed by atoms with Gasteiger partial charge in [-0.1, -0.05) is 182 Å². The molecular formula is C58H37NOS. The second kappa shape index (κ2) is 14.5. The number of hydrogen-bond donors (Lipinski definition) is 0. The zero-order valence-electron chi connectivity index (χ0n) is 41.4. The molecule has 0 atom stereocenters. The summed E-state index contributed by atoms with van der Waals surface area (Å²) in [6.07, 6.45) is 0. The molecule has 0 aliphatic heterocycles. The summed E-state index contributed by atoms with van der Waals surface area (Å²) in [6.45, 7) is 0. The average Bonchev–Trinajstić information content (AvgIpc) is 3.98. The van der Waals surface area contributed by atoms with E-state index in [-0.39, 0.29) is 76.6 Å². The molecule has 12 rings (SSSR count). The van der Waals surface area contributed by atoms with Gasteiger partial charge in [-0.05, 0) is 86.5 Å². The molecule has 0 amide bonds. The molecule has 286 valence electrons. The number of fused-ring (bicyclic) bond motifs is 7. The Morgan fingerprint density at radius 3 is 1.95 bits per heavy atom. The number of rotatable bonds is 7. The summed E-state index contributed by atoms with van der Waals surface area (Å²) >= 11 is 1.12. The minimum absolute atomic E-state index is 0.0179. The van der Waals surface area contributed by atoms with Gasteiger partial charge in [0.25, 0.3) is 0 Å². The molecule has 61 heavy (non-hydrogen) atoms. The van der Waals surface area contributed by atoms with Crippen molar-refractivity contribution in [3.05, 3.63) is 224 Å². The van der Waals surface area contributed by atoms with Crippen LogP contribution in [0.25, 0.3) is 97.4 Å². The topological polar surface area (TPSA) is 16.4 Å². The maximum absolute atomic E-state index is 10.0. The molecule has 0 saturated carbocycles. The van der Waals surface area contributed by atoms with Gasteiger partial charge in [0.2, 0.25) is 0 Å². The third-order valence-corrected chi connectivity index (χ3v) is 12.4. The van der Waals surface area contributed by atoms with Gasteiger partial charge in [-0.15, -0.1) is 11.3 Å². The SMILES string of the molecule is [2H]c1c([2H])c([2H])c2c(oc3ccc(N(c4cccc(-c5ccccc5)c4-c4cccc5ccccc45)c4c([2H])c([2H])c([2H])c5sc6c([2H])c(-c7ccccc7)c([2H])c([2H])c6c45)cc32)c1-c1ccccc1. The number of hydrogen-bond acceptors (Lipinski definition) is 3. The number of para-hydroxylation sites is 1. The molecule has 0 unspecified atom stereocenters. The third-order valence-electron chi connectivity index (χ3n) is 11.4. The molecule has 0 aliphatic carbocycles. The van der Waals surface area contributed by atoms with E-state index in [1.165, 1.54) is 0 Å². The van der Waals surface area contributed by atoms with E-state index in [9.17, 15) is 9.60 Å². The molecule has 2 aromatic heterocycles. The van der Waals surface area contributed by atoms with Crippen molar-refractivity contribution >= 4 is 81.3 Å². The van der Waals surface area contributed by atoms with Gasteiger partial charge in [-0.3, -0.25) is 0 Å². The molecule has 12 aromatic rings. The van der Waals surface area contributed by atoms with Gasteiger partial charge in [0.05, 0.1) is 23.7 Å². The first kappa shape index (κ1) is 27.1. The summed E-state index contributed by atoms with van der Waals surface area (Å²) in [5.41, 5.74) is 7.33. The smallest absolute Gasteiger partial charge is 0.143 e. The Bertz CT molecular complexity index is 4110. The largest absolute Gasteiger partial charge is 0.455 e. The molecule has 0 aliphatic rings. The molecule has 10 aromatic carbocycles. The van der Waals surface area contributed by atoms with Gasteiger partial charge in [-0.25, -0.2) is 0 Å². The van der Waals surface area contributed by atoms with Crippen LogP contribution in [0.2, 0.25) is 0 Å². The highest BCUT2D eigenvalue weighted by molar-refractivity contribution is 7.26. The van der Waals surface area contributed by atoms with Gasteiger partial charge in [0.1, 0.15) is 11.2 Å². The molecule has 0 fully saturated rings. The van der Waals surface area contributed by atoms with Crippen LogP contribution in [0.5, 0.6) is 0 Å². The lowest BCUT2D eigenvalue weighted by atomic mass is 9.89. The number of anilines is 3. The molecule has 0 spiro atoms. The van der Waals surface area contributed by atoms with Crippen LogP contribution in [0.4, 0.5) is 17.1 Å². The highest BCUT2D eigenvalue weighted by Crippen LogP contribution is 2.51. The summed E-state index contributed by atoms with van der Waals surface area (Å²) in [5, 5.41) is 3.32. The quantitative estimate of drug-likeness (QED) is 0.160. The van der Waals surface area contributed by atoms with Crippen molar-refractivity contribution in [2.45, 2.75) is 0 Å². The zero-order chi connectivity index (χ0) is 48.1. The third kappa shape index (κ3) is 5.93. The molecule has 0 N–H and O–H groups in total. The average molecular weight is 805 g/mol. The molecule has 0 radical (unpaired) electrons. The number of nitrogens with zero attached hydrogens (tertiary/aromatic N) is 1. The highest BCUT2D eigenvalue weighted by atomic mass is 32.1. The van der Waals surface area contributed by atoms with Crippen LogP contribution in [0.1, 0.15) is 12.3 Å². The van der Waals surface area contributed by atoms with E-state index < -0.39 is 0 Å². The van der Waals surface area contributed by atoms with Crippen molar-refractivity contribution in [1.82, 2.24) is 0 Å². The summed E-state index contributed by atoms with van der Waals surface area (Å²) in [6, 6.07) is 52.3. The molecule has 2 nitrogen and oxygen atoms in total. The second-order valence-electron chi connectivity index (χ2n) is 14.9. The van der Waals surface area contributed by atoms with Crippen LogP contribution in [-0.2, 0) is 0 Å². The minimum Gasteiger partial charge on any atom is -0.455 e. The number of thiophene rings is 1. The van der Waals surface area contributed by atoms with E-state index in [1.807, 2.05) is 126 Å². The molecular weight excluding hydrogens is 759 g/mol. The zero-order valence-corrected chi connectivity index (χ0v) is 33.2. The van der Waals surface area contributed by atoms with Gasteiger partial charge in [0, 0.05) is 47.8 Å². The van der Waals surface area contributed by atoms with Crippen LogP contribution in [0.15, 0.2) is 229 Å². The lowest BCUT2D eigenvalue weighted by Crippen LogP contribution is -2.12. The van der Waals surface area contributed by atoms with Gasteiger partial charge >= 0.3 is 0 Å². The van der Waals surface area contributed by atoms with E-state index in [0.29, 0.717) is 59.2 Å². The second-order valence-corrected chi connectivity index (χ2v) is 15.9. The molecule has 2 heterocycles. The molecule has 3 heteroatoms. The van der Waals surface area contributed by atoms with Crippen molar-refractivity contribution in [2.24, 2.45) is 0 Å². The van der Waals surface area contributed by atoms with Gasteiger partial charge < -0.3 is 9.32 Å². The lowest BCUT2D eigenvalue weighted by molar-refractivity contribution is 0.670. The fourth-order valence-corrected chi connectivity index (χ4v) is 9.61. The van der Waals surface area contributed by atoms with Gasteiger partial charge in [-0.2, -0.15) is 0 Å². The Morgan fingerprint density at radius 1 is 0.443 bits per heavy atom. The lowest BCUT2D eigenvalue weighted by Gasteiger charge is -2.30. The maximum Gasteiger partial charge on any atom is 0.143 e. The Balaban J connectivity index is 1.26. The van der Waals surface area contributed by atoms with Crippen molar-refractivity contribution < 1.29 is 16.8 Å². The van der Waals surface area contributed by atoms with Crippen LogP contribution in [0.3, 0.4) is 0 Å². The molecule has 0 bridgehead atoms. The van der Waals surface area contributed by atoms with E-state index in [0.717, 1.165) is 44.4 Å². The summed E-state index contributed by atoms with van der Waals surface area (Å²) in [7, 11) is 0. The normalized spacial score (nSPS) is 13.7. The van der Waals surface area contributed by atoms with E-state index in [4.69, 9.17) is 7.16 Å². The summed E-state index contributed by atoms with van der Waals surface area (Å²) < 4.78 is 92.4. The fourth-order valence-electron chi connectivity index (χ4n) is 8.59. The van der Waals surface area contributed by atoms with E-state index in [2.05, 4.69) is 30.3 Å². The Labute approximate surface area is 370 Å². The first-order valence-electron chi connectivity index (χ1n) is 24.5. The Hall–Kier alpha value is -7.72. The van der Waals surface area contributed by atoms with Crippen molar-refractivity contribution in [1.29, 1.82) is 0 Å². The minimum atomic E-state index is -0.352. The van der Waals surface area contributed by atoms with Crippen LogP contribution in [0, 0.1) is 0 Å². The molecule has 0 saturated heterocycles. The summed E-state index contributed by atoms with van der Waals surface area (Å²) in [5.74, 6) is 0. The van der Waals surface area contributed by atoms with Gasteiger partial charge in [0.15, 0.2) is 0 Å². The van der Waals surface area contributed by atoms with E-state index in [1.54, 1.807) is 18.2 Å². The predicted octanol–water partition coefficient (Wildman–Crippen LogP) is 17.2. The Morgan fingerprint density at radius 2 is 1.13 bits per heavy atom. The fraction of sp³-hybridized carbons (Fsp3) is 0.